The van der Waals surface area contributed by atoms with Gasteiger partial charge in [0.25, 0.3) is 5.91 Å². The number of hydrogen-bond donors (Lipinski definition) is 0. The molecule has 1 amide bonds. The number of rotatable bonds is 5. The van der Waals surface area contributed by atoms with E-state index in [9.17, 15) is 9.18 Å². The number of halogens is 2. The van der Waals surface area contributed by atoms with E-state index in [1.807, 2.05) is 25.5 Å². The molecule has 4 rings (SSSR count). The Bertz CT molecular complexity index is 1080. The molecule has 0 radical (unpaired) electrons. The molecular formula is C22H22ClFN4O. The number of hydrogen-bond acceptors (Lipinski definition) is 3. The fourth-order valence-electron chi connectivity index (χ4n) is 3.65. The second-order valence-electron chi connectivity index (χ2n) is 7.46. The maximum Gasteiger partial charge on any atom is 0.271 e. The molecule has 5 nitrogen and oxygen atoms in total. The summed E-state index contributed by atoms with van der Waals surface area (Å²) in [6, 6.07) is 6.55. The van der Waals surface area contributed by atoms with Crippen LogP contribution >= 0.6 is 11.6 Å². The van der Waals surface area contributed by atoms with Gasteiger partial charge in [0.1, 0.15) is 17.3 Å². The molecular weight excluding hydrogens is 391 g/mol. The lowest BCUT2D eigenvalue weighted by Crippen LogP contribution is -2.31. The first-order chi connectivity index (χ1) is 13.9. The van der Waals surface area contributed by atoms with E-state index < -0.39 is 5.82 Å². The first-order valence-electron chi connectivity index (χ1n) is 9.56. The van der Waals surface area contributed by atoms with E-state index in [1.54, 1.807) is 35.5 Å². The van der Waals surface area contributed by atoms with E-state index in [-0.39, 0.29) is 11.9 Å². The second-order valence-corrected chi connectivity index (χ2v) is 7.89. The van der Waals surface area contributed by atoms with Gasteiger partial charge in [0.2, 0.25) is 0 Å². The number of carbonyl (C=O) groups is 1. The van der Waals surface area contributed by atoms with Gasteiger partial charge in [0.15, 0.2) is 0 Å². The number of aromatic nitrogens is 3. The zero-order valence-electron chi connectivity index (χ0n) is 16.6. The summed E-state index contributed by atoms with van der Waals surface area (Å²) >= 11 is 5.95. The predicted molar refractivity (Wildman–Crippen MR) is 111 cm³/mol. The summed E-state index contributed by atoms with van der Waals surface area (Å²) in [7, 11) is 1.81. The van der Waals surface area contributed by atoms with Crippen LogP contribution in [0.1, 0.15) is 40.4 Å². The van der Waals surface area contributed by atoms with Crippen LogP contribution in [0.25, 0.3) is 11.1 Å². The largest absolute Gasteiger partial charge is 0.337 e. The van der Waals surface area contributed by atoms with E-state index in [2.05, 4.69) is 9.97 Å². The third-order valence-electron chi connectivity index (χ3n) is 5.57. The highest BCUT2D eigenvalue weighted by Gasteiger charge is 2.34. The van der Waals surface area contributed by atoms with Crippen molar-refractivity contribution in [2.45, 2.75) is 39.3 Å². The van der Waals surface area contributed by atoms with Crippen LogP contribution in [0.5, 0.6) is 0 Å². The van der Waals surface area contributed by atoms with E-state index in [0.717, 1.165) is 24.1 Å². The lowest BCUT2D eigenvalue weighted by molar-refractivity contribution is 0.0775. The SMILES string of the molecule is Cc1c(-c2ccc(Cl)cc2F)c(C(=O)N(C)C2CC2)n(Cc2ncccn2)c1C. The van der Waals surface area contributed by atoms with Crippen molar-refractivity contribution in [1.82, 2.24) is 19.4 Å². The Balaban J connectivity index is 1.92. The van der Waals surface area contributed by atoms with E-state index in [1.165, 1.54) is 6.07 Å². The monoisotopic (exact) mass is 412 g/mol. The van der Waals surface area contributed by atoms with Crippen molar-refractivity contribution in [3.05, 3.63) is 70.3 Å². The lowest BCUT2D eigenvalue weighted by atomic mass is 10.00. The average molecular weight is 413 g/mol. The Morgan fingerprint density at radius 1 is 1.28 bits per heavy atom. The Hall–Kier alpha value is -2.73. The minimum absolute atomic E-state index is 0.121. The Labute approximate surface area is 174 Å². The Kier molecular flexibility index (Phi) is 5.13. The summed E-state index contributed by atoms with van der Waals surface area (Å²) in [4.78, 5) is 23.8. The molecule has 29 heavy (non-hydrogen) atoms. The van der Waals surface area contributed by atoms with Gasteiger partial charge in [0, 0.05) is 47.3 Å². The van der Waals surface area contributed by atoms with Crippen molar-refractivity contribution in [3.8, 4) is 11.1 Å². The smallest absolute Gasteiger partial charge is 0.271 e. The van der Waals surface area contributed by atoms with Crippen LogP contribution < -0.4 is 0 Å². The summed E-state index contributed by atoms with van der Waals surface area (Å²) in [5.41, 5.74) is 3.17. The van der Waals surface area contributed by atoms with Crippen molar-refractivity contribution < 1.29 is 9.18 Å². The molecule has 0 aliphatic heterocycles. The molecule has 0 saturated heterocycles. The summed E-state index contributed by atoms with van der Waals surface area (Å²) in [5, 5.41) is 0.320. The fraction of sp³-hybridized carbons (Fsp3) is 0.318. The van der Waals surface area contributed by atoms with Gasteiger partial charge in [-0.1, -0.05) is 11.6 Å². The molecule has 1 saturated carbocycles. The van der Waals surface area contributed by atoms with Gasteiger partial charge < -0.3 is 9.47 Å². The van der Waals surface area contributed by atoms with Crippen LogP contribution in [0.2, 0.25) is 5.02 Å². The summed E-state index contributed by atoms with van der Waals surface area (Å²) in [6.45, 7) is 4.18. The van der Waals surface area contributed by atoms with Gasteiger partial charge in [-0.05, 0) is 56.5 Å². The molecule has 1 aliphatic rings. The minimum atomic E-state index is -0.447. The molecule has 0 spiro atoms. The van der Waals surface area contributed by atoms with E-state index >= 15 is 0 Å². The first-order valence-corrected chi connectivity index (χ1v) is 9.94. The quantitative estimate of drug-likeness (QED) is 0.613. The maximum atomic E-state index is 14.9. The van der Waals surface area contributed by atoms with E-state index in [4.69, 9.17) is 11.6 Å². The second kappa shape index (κ2) is 7.59. The van der Waals surface area contributed by atoms with Crippen LogP contribution in [0, 0.1) is 19.7 Å². The molecule has 7 heteroatoms. The standard InChI is InChI=1S/C22H22ClFN4O/c1-13-14(2)28(12-19-25-9-4-10-26-19)21(22(29)27(3)16-6-7-16)20(13)17-8-5-15(23)11-18(17)24/h4-5,8-11,16H,6-7,12H2,1-3H3. The Morgan fingerprint density at radius 3 is 2.59 bits per heavy atom. The molecule has 1 aromatic carbocycles. The summed E-state index contributed by atoms with van der Waals surface area (Å²) < 4.78 is 16.8. The van der Waals surface area contributed by atoms with Gasteiger partial charge in [-0.25, -0.2) is 14.4 Å². The molecule has 0 atom stereocenters. The molecule has 0 bridgehead atoms. The number of nitrogens with zero attached hydrogens (tertiary/aromatic N) is 4. The van der Waals surface area contributed by atoms with Crippen LogP contribution in [-0.2, 0) is 6.54 Å². The maximum absolute atomic E-state index is 14.9. The molecule has 1 aliphatic carbocycles. The summed E-state index contributed by atoms with van der Waals surface area (Å²) in [5.74, 6) is 0.0256. The normalized spacial score (nSPS) is 13.6. The molecule has 3 aromatic rings. The average Bonchev–Trinajstić information content (AvgIpc) is 3.52. The van der Waals surface area contributed by atoms with Crippen molar-refractivity contribution in [3.63, 3.8) is 0 Å². The molecule has 1 fully saturated rings. The van der Waals surface area contributed by atoms with Gasteiger partial charge in [-0.2, -0.15) is 0 Å². The van der Waals surface area contributed by atoms with Gasteiger partial charge in [-0.3, -0.25) is 4.79 Å². The van der Waals surface area contributed by atoms with Crippen molar-refractivity contribution in [1.29, 1.82) is 0 Å². The van der Waals surface area contributed by atoms with Crippen molar-refractivity contribution in [2.75, 3.05) is 7.05 Å². The highest BCUT2D eigenvalue weighted by Crippen LogP contribution is 2.37. The van der Waals surface area contributed by atoms with Gasteiger partial charge in [-0.15, -0.1) is 0 Å². The lowest BCUT2D eigenvalue weighted by Gasteiger charge is -2.20. The van der Waals surface area contributed by atoms with E-state index in [0.29, 0.717) is 34.2 Å². The van der Waals surface area contributed by atoms with Crippen LogP contribution in [0.15, 0.2) is 36.7 Å². The molecule has 0 N–H and O–H groups in total. The van der Waals surface area contributed by atoms with Crippen molar-refractivity contribution in [2.24, 2.45) is 0 Å². The van der Waals surface area contributed by atoms with Crippen LogP contribution in [0.4, 0.5) is 4.39 Å². The highest BCUT2D eigenvalue weighted by atomic mass is 35.5. The number of benzene rings is 1. The zero-order valence-corrected chi connectivity index (χ0v) is 17.4. The van der Waals surface area contributed by atoms with Crippen LogP contribution in [0.3, 0.4) is 0 Å². The highest BCUT2D eigenvalue weighted by molar-refractivity contribution is 6.30. The zero-order chi connectivity index (χ0) is 20.7. The fourth-order valence-corrected chi connectivity index (χ4v) is 3.81. The molecule has 2 heterocycles. The molecule has 0 unspecified atom stereocenters. The third-order valence-corrected chi connectivity index (χ3v) is 5.80. The van der Waals surface area contributed by atoms with Gasteiger partial charge >= 0.3 is 0 Å². The van der Waals surface area contributed by atoms with Crippen molar-refractivity contribution >= 4 is 17.5 Å². The number of amides is 1. The summed E-state index contributed by atoms with van der Waals surface area (Å²) in [6.07, 6.45) is 5.33. The molecule has 2 aromatic heterocycles. The number of carbonyl (C=O) groups excluding carboxylic acids is 1. The predicted octanol–water partition coefficient (Wildman–Crippen LogP) is 4.64. The van der Waals surface area contributed by atoms with Gasteiger partial charge in [0.05, 0.1) is 6.54 Å². The molecule has 150 valence electrons. The third kappa shape index (κ3) is 3.65. The van der Waals surface area contributed by atoms with Crippen LogP contribution in [-0.4, -0.2) is 38.4 Å². The topological polar surface area (TPSA) is 51.0 Å². The first kappa shape index (κ1) is 19.6. The minimum Gasteiger partial charge on any atom is -0.337 e. The Morgan fingerprint density at radius 2 is 1.97 bits per heavy atom.